The average molecular weight is 407 g/mol. The SMILES string of the molecule is COc1c2occc2c(CN(CCCl)CCCl)c2ccc(=O)oc12.Cl. The largest absolute Gasteiger partial charge is 0.490 e. The zero-order valence-electron chi connectivity index (χ0n) is 13.6. The molecule has 0 saturated heterocycles. The Morgan fingerprint density at radius 3 is 2.40 bits per heavy atom. The molecule has 0 fully saturated rings. The summed E-state index contributed by atoms with van der Waals surface area (Å²) >= 11 is 11.8. The molecule has 3 aromatic rings. The van der Waals surface area contributed by atoms with Crippen LogP contribution < -0.4 is 10.4 Å². The molecule has 0 bridgehead atoms. The van der Waals surface area contributed by atoms with Crippen LogP contribution in [-0.2, 0) is 6.54 Å². The summed E-state index contributed by atoms with van der Waals surface area (Å²) in [5.41, 5.74) is 1.51. The number of methoxy groups -OCH3 is 1. The van der Waals surface area contributed by atoms with Gasteiger partial charge in [0.05, 0.1) is 13.4 Å². The van der Waals surface area contributed by atoms with Gasteiger partial charge in [0, 0.05) is 48.2 Å². The van der Waals surface area contributed by atoms with E-state index < -0.39 is 5.63 Å². The van der Waals surface area contributed by atoms with E-state index in [4.69, 9.17) is 36.8 Å². The third-order valence-corrected chi connectivity index (χ3v) is 4.29. The van der Waals surface area contributed by atoms with Crippen LogP contribution >= 0.6 is 35.6 Å². The quantitative estimate of drug-likeness (QED) is 0.434. The number of rotatable bonds is 7. The fourth-order valence-corrected chi connectivity index (χ4v) is 3.36. The van der Waals surface area contributed by atoms with E-state index in [0.29, 0.717) is 48.3 Å². The number of hydrogen-bond donors (Lipinski definition) is 0. The van der Waals surface area contributed by atoms with E-state index in [1.165, 1.54) is 13.2 Å². The molecule has 0 unspecified atom stereocenters. The fraction of sp³-hybridized carbons (Fsp3) is 0.353. The standard InChI is InChI=1S/C17H17Cl2NO4.ClH/c1-22-17-15-12(4-9-23-15)13(10-20(7-5-18)8-6-19)11-2-3-14(21)24-16(11)17;/h2-4,9H,5-8,10H2,1H3;1H. The molecule has 25 heavy (non-hydrogen) atoms. The van der Waals surface area contributed by atoms with Crippen molar-refractivity contribution in [3.8, 4) is 5.75 Å². The highest BCUT2D eigenvalue weighted by Gasteiger charge is 2.20. The summed E-state index contributed by atoms with van der Waals surface area (Å²) in [5.74, 6) is 1.44. The van der Waals surface area contributed by atoms with Gasteiger partial charge in [-0.05, 0) is 17.7 Å². The molecule has 1 aromatic carbocycles. The van der Waals surface area contributed by atoms with E-state index in [9.17, 15) is 4.79 Å². The lowest BCUT2D eigenvalue weighted by Crippen LogP contribution is -2.27. The molecule has 2 aromatic heterocycles. The second-order valence-corrected chi connectivity index (χ2v) is 6.08. The summed E-state index contributed by atoms with van der Waals surface area (Å²) in [6.07, 6.45) is 1.60. The molecule has 136 valence electrons. The van der Waals surface area contributed by atoms with Crippen molar-refractivity contribution in [2.75, 3.05) is 32.0 Å². The predicted molar refractivity (Wildman–Crippen MR) is 103 cm³/mol. The number of furan rings is 1. The van der Waals surface area contributed by atoms with Crippen LogP contribution in [-0.4, -0.2) is 36.9 Å². The maximum Gasteiger partial charge on any atom is 0.336 e. The van der Waals surface area contributed by atoms with Crippen LogP contribution in [0.4, 0.5) is 0 Å². The van der Waals surface area contributed by atoms with E-state index in [-0.39, 0.29) is 12.4 Å². The lowest BCUT2D eigenvalue weighted by Gasteiger charge is -2.21. The van der Waals surface area contributed by atoms with Crippen molar-refractivity contribution < 1.29 is 13.6 Å². The second-order valence-electron chi connectivity index (χ2n) is 5.33. The summed E-state index contributed by atoms with van der Waals surface area (Å²) < 4.78 is 16.4. The van der Waals surface area contributed by atoms with Crippen LogP contribution in [0, 0.1) is 0 Å². The van der Waals surface area contributed by atoms with Gasteiger partial charge in [-0.25, -0.2) is 4.79 Å². The van der Waals surface area contributed by atoms with Crippen molar-refractivity contribution in [3.63, 3.8) is 0 Å². The number of alkyl halides is 2. The summed E-state index contributed by atoms with van der Waals surface area (Å²) in [5, 5.41) is 1.73. The molecule has 0 amide bonds. The van der Waals surface area contributed by atoms with Gasteiger partial charge < -0.3 is 13.6 Å². The number of ether oxygens (including phenoxy) is 1. The van der Waals surface area contributed by atoms with Gasteiger partial charge in [-0.3, -0.25) is 4.90 Å². The first-order chi connectivity index (χ1) is 11.7. The lowest BCUT2D eigenvalue weighted by molar-refractivity contribution is 0.301. The van der Waals surface area contributed by atoms with Crippen molar-refractivity contribution in [2.24, 2.45) is 0 Å². The summed E-state index contributed by atoms with van der Waals surface area (Å²) in [4.78, 5) is 13.8. The van der Waals surface area contributed by atoms with Crippen molar-refractivity contribution in [3.05, 3.63) is 40.4 Å². The minimum Gasteiger partial charge on any atom is -0.490 e. The molecule has 0 N–H and O–H groups in total. The summed E-state index contributed by atoms with van der Waals surface area (Å²) in [6, 6.07) is 5.05. The molecule has 0 spiro atoms. The molecule has 8 heteroatoms. The maximum atomic E-state index is 11.7. The number of benzene rings is 1. The van der Waals surface area contributed by atoms with Gasteiger partial charge >= 0.3 is 5.63 Å². The van der Waals surface area contributed by atoms with Gasteiger partial charge in [-0.2, -0.15) is 0 Å². The van der Waals surface area contributed by atoms with E-state index in [1.807, 2.05) is 6.07 Å². The van der Waals surface area contributed by atoms with Crippen LogP contribution in [0.3, 0.4) is 0 Å². The molecular formula is C17H18Cl3NO4. The Morgan fingerprint density at radius 1 is 1.08 bits per heavy atom. The van der Waals surface area contributed by atoms with Gasteiger partial charge in [-0.15, -0.1) is 35.6 Å². The van der Waals surface area contributed by atoms with Gasteiger partial charge in [0.1, 0.15) is 0 Å². The Kier molecular flexibility index (Phi) is 7.02. The van der Waals surface area contributed by atoms with E-state index in [0.717, 1.165) is 16.3 Å². The molecule has 0 radical (unpaired) electrons. The fourth-order valence-electron chi connectivity index (χ4n) is 2.88. The average Bonchev–Trinajstić information content (AvgIpc) is 3.04. The first-order valence-electron chi connectivity index (χ1n) is 7.53. The van der Waals surface area contributed by atoms with Gasteiger partial charge in [0.2, 0.25) is 5.75 Å². The molecule has 0 aliphatic rings. The molecular weight excluding hydrogens is 389 g/mol. The zero-order valence-corrected chi connectivity index (χ0v) is 15.9. The van der Waals surface area contributed by atoms with Crippen molar-refractivity contribution in [2.45, 2.75) is 6.54 Å². The van der Waals surface area contributed by atoms with Crippen LogP contribution in [0.5, 0.6) is 5.75 Å². The third kappa shape index (κ3) is 3.90. The first kappa shape index (κ1) is 19.9. The normalized spacial score (nSPS) is 11.2. The Labute approximate surface area is 160 Å². The number of halogens is 3. The minimum absolute atomic E-state index is 0. The Hall–Kier alpha value is -1.40. The van der Waals surface area contributed by atoms with Crippen LogP contribution in [0.2, 0.25) is 0 Å². The predicted octanol–water partition coefficient (Wildman–Crippen LogP) is 4.25. The minimum atomic E-state index is -0.434. The smallest absolute Gasteiger partial charge is 0.336 e. The molecule has 3 rings (SSSR count). The van der Waals surface area contributed by atoms with Crippen molar-refractivity contribution >= 4 is 57.5 Å². The Bertz CT molecular complexity index is 900. The van der Waals surface area contributed by atoms with E-state index in [1.54, 1.807) is 12.3 Å². The summed E-state index contributed by atoms with van der Waals surface area (Å²) in [7, 11) is 1.52. The molecule has 2 heterocycles. The van der Waals surface area contributed by atoms with Gasteiger partial charge in [0.15, 0.2) is 11.2 Å². The van der Waals surface area contributed by atoms with Crippen LogP contribution in [0.1, 0.15) is 5.56 Å². The molecule has 0 aliphatic heterocycles. The molecule has 5 nitrogen and oxygen atoms in total. The number of nitrogens with zero attached hydrogens (tertiary/aromatic N) is 1. The number of hydrogen-bond acceptors (Lipinski definition) is 5. The van der Waals surface area contributed by atoms with Crippen molar-refractivity contribution in [1.29, 1.82) is 0 Å². The topological polar surface area (TPSA) is 55.8 Å². The highest BCUT2D eigenvalue weighted by atomic mass is 35.5. The Morgan fingerprint density at radius 2 is 1.76 bits per heavy atom. The van der Waals surface area contributed by atoms with Gasteiger partial charge in [0.25, 0.3) is 0 Å². The molecule has 0 atom stereocenters. The van der Waals surface area contributed by atoms with E-state index >= 15 is 0 Å². The van der Waals surface area contributed by atoms with Crippen molar-refractivity contribution in [1.82, 2.24) is 4.90 Å². The molecule has 0 aliphatic carbocycles. The third-order valence-electron chi connectivity index (χ3n) is 3.95. The monoisotopic (exact) mass is 405 g/mol. The lowest BCUT2D eigenvalue weighted by atomic mass is 10.0. The van der Waals surface area contributed by atoms with Crippen LogP contribution in [0.25, 0.3) is 21.9 Å². The highest BCUT2D eigenvalue weighted by Crippen LogP contribution is 2.38. The Balaban J connectivity index is 0.00000225. The molecule has 0 saturated carbocycles. The zero-order chi connectivity index (χ0) is 17.1. The second kappa shape index (κ2) is 8.81. The van der Waals surface area contributed by atoms with E-state index in [2.05, 4.69) is 4.90 Å². The highest BCUT2D eigenvalue weighted by molar-refractivity contribution is 6.18. The number of fused-ring (bicyclic) bond motifs is 2. The van der Waals surface area contributed by atoms with Gasteiger partial charge in [-0.1, -0.05) is 0 Å². The first-order valence-corrected chi connectivity index (χ1v) is 8.60. The van der Waals surface area contributed by atoms with Crippen LogP contribution in [0.15, 0.2) is 38.1 Å². The summed E-state index contributed by atoms with van der Waals surface area (Å²) in [6.45, 7) is 2.03. The maximum absolute atomic E-state index is 11.7.